The maximum Gasteiger partial charge on any atom is 0.573 e. The first-order chi connectivity index (χ1) is 14.3. The lowest BCUT2D eigenvalue weighted by Crippen LogP contribution is -2.31. The summed E-state index contributed by atoms with van der Waals surface area (Å²) in [6.45, 7) is 4.87. The van der Waals surface area contributed by atoms with Gasteiger partial charge in [0.1, 0.15) is 22.2 Å². The smallest absolute Gasteiger partial charge is 0.406 e. The van der Waals surface area contributed by atoms with Gasteiger partial charge in [0.15, 0.2) is 0 Å². The van der Waals surface area contributed by atoms with Crippen LogP contribution in [0.4, 0.5) is 13.2 Å². The summed E-state index contributed by atoms with van der Waals surface area (Å²) in [5.41, 5.74) is 6.33. The molecule has 31 heavy (non-hydrogen) atoms. The third-order valence-corrected chi connectivity index (χ3v) is 5.27. The zero-order valence-electron chi connectivity index (χ0n) is 16.7. The van der Waals surface area contributed by atoms with Gasteiger partial charge in [0, 0.05) is 10.6 Å². The first kappa shape index (κ1) is 22.4. The Hall–Kier alpha value is -3.32. The van der Waals surface area contributed by atoms with Gasteiger partial charge in [-0.05, 0) is 61.7 Å². The zero-order chi connectivity index (χ0) is 23.1. The highest BCUT2D eigenvalue weighted by atomic mass is 35.5. The summed E-state index contributed by atoms with van der Waals surface area (Å²) in [4.78, 5) is 13.2. The summed E-state index contributed by atoms with van der Waals surface area (Å²) in [5, 5.41) is 19.2. The van der Waals surface area contributed by atoms with Crippen molar-refractivity contribution in [3.63, 3.8) is 0 Å². The highest BCUT2D eigenvalue weighted by Crippen LogP contribution is 2.34. The molecule has 1 unspecified atom stereocenters. The van der Waals surface area contributed by atoms with Crippen molar-refractivity contribution < 1.29 is 22.7 Å². The summed E-state index contributed by atoms with van der Waals surface area (Å²) in [6, 6.07) is 6.82. The van der Waals surface area contributed by atoms with Crippen LogP contribution in [-0.4, -0.2) is 27.3 Å². The van der Waals surface area contributed by atoms with E-state index < -0.39 is 23.4 Å². The highest BCUT2D eigenvalue weighted by molar-refractivity contribution is 6.32. The number of nitrogens with zero attached hydrogens (tertiary/aromatic N) is 4. The molecule has 3 aromatic rings. The normalized spacial score (nSPS) is 13.6. The molecule has 1 heterocycles. The van der Waals surface area contributed by atoms with Gasteiger partial charge in [-0.25, -0.2) is 0 Å². The number of primary amides is 1. The minimum Gasteiger partial charge on any atom is -0.406 e. The quantitative estimate of drug-likeness (QED) is 0.626. The minimum absolute atomic E-state index is 0.0305. The van der Waals surface area contributed by atoms with E-state index >= 15 is 0 Å². The molecule has 0 aliphatic rings. The van der Waals surface area contributed by atoms with E-state index in [-0.39, 0.29) is 17.7 Å². The fraction of sp³-hybridized carbons (Fsp3) is 0.300. The van der Waals surface area contributed by atoms with Crippen molar-refractivity contribution in [2.24, 2.45) is 5.73 Å². The third-order valence-electron chi connectivity index (χ3n) is 4.87. The molecular formula is C20H17ClF3N5O2. The summed E-state index contributed by atoms with van der Waals surface area (Å²) in [6.07, 6.45) is -4.94. The number of alkyl halides is 3. The van der Waals surface area contributed by atoms with E-state index in [2.05, 4.69) is 14.9 Å². The molecule has 0 aliphatic heterocycles. The first-order valence-electron chi connectivity index (χ1n) is 8.96. The second-order valence-electron chi connectivity index (χ2n) is 7.29. The van der Waals surface area contributed by atoms with Crippen LogP contribution in [0.25, 0.3) is 11.0 Å². The number of carbonyl (C=O) groups excluding carboxylic acids is 1. The largest absolute Gasteiger partial charge is 0.573 e. The second-order valence-corrected chi connectivity index (χ2v) is 7.70. The van der Waals surface area contributed by atoms with Crippen molar-refractivity contribution >= 4 is 28.5 Å². The van der Waals surface area contributed by atoms with Crippen molar-refractivity contribution in [1.29, 1.82) is 5.26 Å². The van der Waals surface area contributed by atoms with Crippen LogP contribution in [-0.2, 0) is 12.0 Å². The topological polar surface area (TPSA) is 107 Å². The summed E-state index contributed by atoms with van der Waals surface area (Å²) >= 11 is 6.20. The fourth-order valence-electron chi connectivity index (χ4n) is 3.27. The van der Waals surface area contributed by atoms with E-state index in [1.807, 2.05) is 6.07 Å². The van der Waals surface area contributed by atoms with Gasteiger partial charge in [-0.1, -0.05) is 11.6 Å². The molecule has 0 spiro atoms. The Labute approximate surface area is 180 Å². The average molecular weight is 452 g/mol. The maximum atomic E-state index is 12.7. The van der Waals surface area contributed by atoms with E-state index in [1.165, 1.54) is 11.7 Å². The van der Waals surface area contributed by atoms with Crippen LogP contribution >= 0.6 is 11.6 Å². The Morgan fingerprint density at radius 3 is 2.48 bits per heavy atom. The van der Waals surface area contributed by atoms with Crippen LogP contribution in [0.2, 0.25) is 5.02 Å². The van der Waals surface area contributed by atoms with E-state index in [4.69, 9.17) is 17.3 Å². The number of hydrogen-bond donors (Lipinski definition) is 1. The van der Waals surface area contributed by atoms with Crippen LogP contribution < -0.4 is 10.5 Å². The molecule has 1 atom stereocenters. The molecule has 2 N–H and O–H groups in total. The lowest BCUT2D eigenvalue weighted by Gasteiger charge is -2.24. The number of rotatable bonds is 5. The molecule has 0 bridgehead atoms. The molecule has 0 fully saturated rings. The van der Waals surface area contributed by atoms with E-state index in [0.717, 1.165) is 23.8 Å². The number of aromatic nitrogens is 3. The number of fused-ring (bicyclic) bond motifs is 1. The van der Waals surface area contributed by atoms with Gasteiger partial charge in [-0.2, -0.15) is 20.3 Å². The lowest BCUT2D eigenvalue weighted by atomic mass is 9.81. The molecule has 0 saturated heterocycles. The van der Waals surface area contributed by atoms with Gasteiger partial charge in [-0.3, -0.25) is 4.79 Å². The van der Waals surface area contributed by atoms with Crippen molar-refractivity contribution in [3.05, 3.63) is 51.5 Å². The average Bonchev–Trinajstić information content (AvgIpc) is 3.09. The summed E-state index contributed by atoms with van der Waals surface area (Å²) in [5.74, 6) is -1.47. The fourth-order valence-corrected chi connectivity index (χ4v) is 3.53. The number of hydrogen-bond acceptors (Lipinski definition) is 5. The van der Waals surface area contributed by atoms with Crippen molar-refractivity contribution in [3.8, 4) is 11.8 Å². The molecule has 1 aromatic heterocycles. The number of amides is 1. The molecule has 0 aliphatic carbocycles. The third kappa shape index (κ3) is 4.41. The molecule has 162 valence electrons. The predicted octanol–water partition coefficient (Wildman–Crippen LogP) is 4.18. The number of carbonyl (C=O) groups is 1. The standard InChI is InChI=1S/C20H17ClF3N5O2/c1-10-6-15(21)11(2)17-16(10)27-29(28-17)9-19(3,8-25)14-7-12(31-20(22,23)24)4-5-13(14)18(26)30/h4-7H,9H2,1-3H3,(H2,26,30). The Balaban J connectivity index is 2.12. The molecule has 3 rings (SSSR count). The first-order valence-corrected chi connectivity index (χ1v) is 9.34. The Morgan fingerprint density at radius 2 is 1.90 bits per heavy atom. The number of nitriles is 1. The van der Waals surface area contributed by atoms with E-state index in [0.29, 0.717) is 21.6 Å². The SMILES string of the molecule is Cc1cc(Cl)c(C)c2nn(CC(C)(C#N)c3cc(OC(F)(F)F)ccc3C(N)=O)nc12. The number of halogens is 4. The van der Waals surface area contributed by atoms with E-state index in [9.17, 15) is 23.2 Å². The number of benzene rings is 2. The molecule has 1 amide bonds. The van der Waals surface area contributed by atoms with Gasteiger partial charge in [0.25, 0.3) is 0 Å². The monoisotopic (exact) mass is 451 g/mol. The maximum absolute atomic E-state index is 12.7. The Morgan fingerprint density at radius 1 is 1.26 bits per heavy atom. The Kier molecular flexibility index (Phi) is 5.58. The van der Waals surface area contributed by atoms with Crippen molar-refractivity contribution in [1.82, 2.24) is 15.0 Å². The number of ether oxygens (including phenoxy) is 1. The molecule has 2 aromatic carbocycles. The second kappa shape index (κ2) is 7.74. The highest BCUT2D eigenvalue weighted by Gasteiger charge is 2.35. The number of nitrogens with two attached hydrogens (primary N) is 1. The summed E-state index contributed by atoms with van der Waals surface area (Å²) < 4.78 is 42.0. The molecule has 0 saturated carbocycles. The van der Waals surface area contributed by atoms with Gasteiger partial charge < -0.3 is 10.5 Å². The van der Waals surface area contributed by atoms with Crippen molar-refractivity contribution in [2.75, 3.05) is 0 Å². The van der Waals surface area contributed by atoms with E-state index in [1.54, 1.807) is 19.9 Å². The van der Waals surface area contributed by atoms with Gasteiger partial charge in [-0.15, -0.1) is 13.2 Å². The van der Waals surface area contributed by atoms with Crippen molar-refractivity contribution in [2.45, 2.75) is 39.1 Å². The van der Waals surface area contributed by atoms with Crippen LogP contribution in [0.3, 0.4) is 0 Å². The molecule has 7 nitrogen and oxygen atoms in total. The molecule has 11 heteroatoms. The number of aryl methyl sites for hydroxylation is 2. The molecule has 0 radical (unpaired) electrons. The Bertz CT molecular complexity index is 1230. The van der Waals surface area contributed by atoms with Gasteiger partial charge in [0.2, 0.25) is 5.91 Å². The van der Waals surface area contributed by atoms with Crippen LogP contribution in [0.5, 0.6) is 5.75 Å². The van der Waals surface area contributed by atoms with Gasteiger partial charge >= 0.3 is 6.36 Å². The molecular weight excluding hydrogens is 435 g/mol. The van der Waals surface area contributed by atoms with Crippen LogP contribution in [0, 0.1) is 25.2 Å². The zero-order valence-corrected chi connectivity index (χ0v) is 17.5. The van der Waals surface area contributed by atoms with Gasteiger partial charge in [0.05, 0.1) is 12.6 Å². The minimum atomic E-state index is -4.94. The summed E-state index contributed by atoms with van der Waals surface area (Å²) in [7, 11) is 0. The van der Waals surface area contributed by atoms with Crippen LogP contribution in [0.1, 0.15) is 34.0 Å². The van der Waals surface area contributed by atoms with Crippen LogP contribution in [0.15, 0.2) is 24.3 Å². The lowest BCUT2D eigenvalue weighted by molar-refractivity contribution is -0.274. The predicted molar refractivity (Wildman–Crippen MR) is 107 cm³/mol.